The molecule has 0 aromatic heterocycles. The first kappa shape index (κ1) is 21.6. The standard InChI is InChI=1S/C12H16F3N3O3S.ClH/c1-8(6-16)18-22(20,21)10-4-2-9(3-5-10)11(19)17-7-12(13,14)15;/h2-5,8,18H,6-7,16H2,1H3,(H,17,19);1H/t8-;/m0./s1. The second-order valence-electron chi connectivity index (χ2n) is 4.58. The molecule has 1 amide bonds. The molecule has 0 spiro atoms. The van der Waals surface area contributed by atoms with E-state index >= 15 is 0 Å². The summed E-state index contributed by atoms with van der Waals surface area (Å²) in [4.78, 5) is 11.4. The molecule has 0 aliphatic rings. The van der Waals surface area contributed by atoms with Crippen LogP contribution in [0.4, 0.5) is 13.2 Å². The molecule has 11 heteroatoms. The summed E-state index contributed by atoms with van der Waals surface area (Å²) in [5.41, 5.74) is 5.24. The minimum atomic E-state index is -4.51. The van der Waals surface area contributed by atoms with Gasteiger partial charge in [0, 0.05) is 18.2 Å². The Bertz CT molecular complexity index is 621. The van der Waals surface area contributed by atoms with Crippen LogP contribution in [0.1, 0.15) is 17.3 Å². The lowest BCUT2D eigenvalue weighted by Gasteiger charge is -2.12. The number of carbonyl (C=O) groups excluding carboxylic acids is 1. The zero-order valence-electron chi connectivity index (χ0n) is 12.1. The van der Waals surface area contributed by atoms with Crippen molar-refractivity contribution in [1.82, 2.24) is 10.0 Å². The van der Waals surface area contributed by atoms with E-state index in [9.17, 15) is 26.4 Å². The van der Waals surface area contributed by atoms with Gasteiger partial charge in [-0.25, -0.2) is 13.1 Å². The monoisotopic (exact) mass is 375 g/mol. The number of hydrogen-bond donors (Lipinski definition) is 3. The molecule has 132 valence electrons. The van der Waals surface area contributed by atoms with Gasteiger partial charge in [0.25, 0.3) is 5.91 Å². The Balaban J connectivity index is 0.00000484. The number of nitrogens with two attached hydrogens (primary N) is 1. The number of hydrogen-bond acceptors (Lipinski definition) is 4. The Morgan fingerprint density at radius 3 is 2.22 bits per heavy atom. The van der Waals surface area contributed by atoms with E-state index in [1.54, 1.807) is 12.2 Å². The number of nitrogens with one attached hydrogen (secondary N) is 2. The van der Waals surface area contributed by atoms with Crippen LogP contribution in [0.2, 0.25) is 0 Å². The van der Waals surface area contributed by atoms with Gasteiger partial charge in [-0.3, -0.25) is 4.79 Å². The molecule has 1 rings (SSSR count). The van der Waals surface area contributed by atoms with E-state index in [0.29, 0.717) is 0 Å². The van der Waals surface area contributed by atoms with Crippen molar-refractivity contribution in [3.63, 3.8) is 0 Å². The minimum Gasteiger partial charge on any atom is -0.343 e. The summed E-state index contributed by atoms with van der Waals surface area (Å²) < 4.78 is 62.1. The molecule has 6 nitrogen and oxygen atoms in total. The van der Waals surface area contributed by atoms with Crippen molar-refractivity contribution in [3.05, 3.63) is 29.8 Å². The first-order chi connectivity index (χ1) is 10.0. The molecular formula is C12H17ClF3N3O3S. The summed E-state index contributed by atoms with van der Waals surface area (Å²) in [5, 5.41) is 1.69. The molecule has 1 aromatic carbocycles. The van der Waals surface area contributed by atoms with Gasteiger partial charge in [0.15, 0.2) is 0 Å². The van der Waals surface area contributed by atoms with Gasteiger partial charge in [-0.15, -0.1) is 12.4 Å². The lowest BCUT2D eigenvalue weighted by molar-refractivity contribution is -0.123. The molecule has 0 saturated carbocycles. The number of sulfonamides is 1. The minimum absolute atomic E-state index is 0. The van der Waals surface area contributed by atoms with Crippen molar-refractivity contribution in [1.29, 1.82) is 0 Å². The zero-order chi connectivity index (χ0) is 17.0. The summed E-state index contributed by atoms with van der Waals surface area (Å²) >= 11 is 0. The predicted octanol–water partition coefficient (Wildman–Crippen LogP) is 1.03. The van der Waals surface area contributed by atoms with Gasteiger partial charge in [-0.2, -0.15) is 13.2 Å². The van der Waals surface area contributed by atoms with Gasteiger partial charge in [0.1, 0.15) is 6.54 Å². The summed E-state index contributed by atoms with van der Waals surface area (Å²) in [5.74, 6) is -0.940. The van der Waals surface area contributed by atoms with Crippen LogP contribution < -0.4 is 15.8 Å². The van der Waals surface area contributed by atoms with E-state index in [-0.39, 0.29) is 29.4 Å². The highest BCUT2D eigenvalue weighted by atomic mass is 35.5. The number of benzene rings is 1. The lowest BCUT2D eigenvalue weighted by atomic mass is 10.2. The molecule has 4 N–H and O–H groups in total. The fraction of sp³-hybridized carbons (Fsp3) is 0.417. The van der Waals surface area contributed by atoms with Gasteiger partial charge in [-0.05, 0) is 31.2 Å². The van der Waals surface area contributed by atoms with Crippen molar-refractivity contribution < 1.29 is 26.4 Å². The van der Waals surface area contributed by atoms with E-state index in [1.807, 2.05) is 0 Å². The maximum Gasteiger partial charge on any atom is 0.405 e. The van der Waals surface area contributed by atoms with E-state index < -0.39 is 34.7 Å². The second-order valence-corrected chi connectivity index (χ2v) is 6.29. The summed E-state index contributed by atoms with van der Waals surface area (Å²) in [6, 6.07) is 4.06. The van der Waals surface area contributed by atoms with Crippen LogP contribution in [-0.2, 0) is 10.0 Å². The first-order valence-electron chi connectivity index (χ1n) is 6.22. The number of rotatable bonds is 6. The van der Waals surface area contributed by atoms with Gasteiger partial charge < -0.3 is 11.1 Å². The molecule has 0 radical (unpaired) electrons. The molecule has 0 heterocycles. The summed E-state index contributed by atoms with van der Waals surface area (Å²) in [6.45, 7) is 0.231. The number of alkyl halides is 3. The average Bonchev–Trinajstić information content (AvgIpc) is 2.43. The van der Waals surface area contributed by atoms with Crippen molar-refractivity contribution in [2.24, 2.45) is 5.73 Å². The number of amides is 1. The summed E-state index contributed by atoms with van der Waals surface area (Å²) in [6.07, 6.45) is -4.51. The summed E-state index contributed by atoms with van der Waals surface area (Å²) in [7, 11) is -3.79. The molecule has 0 fully saturated rings. The maximum absolute atomic E-state index is 12.0. The Morgan fingerprint density at radius 1 is 1.26 bits per heavy atom. The molecule has 23 heavy (non-hydrogen) atoms. The normalized spacial score (nSPS) is 13.1. The molecule has 1 aromatic rings. The van der Waals surface area contributed by atoms with Gasteiger partial charge in [0.05, 0.1) is 4.90 Å². The van der Waals surface area contributed by atoms with Crippen LogP contribution in [0.3, 0.4) is 0 Å². The average molecular weight is 376 g/mol. The molecule has 0 saturated heterocycles. The second kappa shape index (κ2) is 8.48. The molecule has 1 atom stereocenters. The smallest absolute Gasteiger partial charge is 0.343 e. The fourth-order valence-electron chi connectivity index (χ4n) is 1.45. The largest absolute Gasteiger partial charge is 0.405 e. The Morgan fingerprint density at radius 2 is 1.78 bits per heavy atom. The Labute approximate surface area is 138 Å². The quantitative estimate of drug-likeness (QED) is 0.691. The lowest BCUT2D eigenvalue weighted by Crippen LogP contribution is -2.37. The topological polar surface area (TPSA) is 101 Å². The molecular weight excluding hydrogens is 359 g/mol. The van der Waals surface area contributed by atoms with Crippen LogP contribution in [0.5, 0.6) is 0 Å². The highest BCUT2D eigenvalue weighted by Gasteiger charge is 2.28. The third-order valence-electron chi connectivity index (χ3n) is 2.59. The van der Waals surface area contributed by atoms with E-state index in [1.165, 1.54) is 0 Å². The van der Waals surface area contributed by atoms with Crippen molar-refractivity contribution in [2.45, 2.75) is 24.0 Å². The van der Waals surface area contributed by atoms with Crippen LogP contribution >= 0.6 is 12.4 Å². The van der Waals surface area contributed by atoms with Crippen molar-refractivity contribution in [3.8, 4) is 0 Å². The highest BCUT2D eigenvalue weighted by Crippen LogP contribution is 2.14. The van der Waals surface area contributed by atoms with Crippen LogP contribution in [0.15, 0.2) is 29.2 Å². The first-order valence-corrected chi connectivity index (χ1v) is 7.71. The molecule has 0 bridgehead atoms. The third kappa shape index (κ3) is 7.16. The predicted molar refractivity (Wildman–Crippen MR) is 80.9 cm³/mol. The van der Waals surface area contributed by atoms with Crippen molar-refractivity contribution in [2.75, 3.05) is 13.1 Å². The maximum atomic E-state index is 12.0. The number of halogens is 4. The van der Waals surface area contributed by atoms with E-state index in [4.69, 9.17) is 5.73 Å². The van der Waals surface area contributed by atoms with Crippen LogP contribution in [0.25, 0.3) is 0 Å². The number of carbonyl (C=O) groups is 1. The Hall–Kier alpha value is -1.36. The fourth-order valence-corrected chi connectivity index (χ4v) is 2.71. The van der Waals surface area contributed by atoms with Gasteiger partial charge in [0.2, 0.25) is 10.0 Å². The molecule has 0 aliphatic heterocycles. The van der Waals surface area contributed by atoms with E-state index in [2.05, 4.69) is 4.72 Å². The molecule has 0 unspecified atom stereocenters. The van der Waals surface area contributed by atoms with Crippen molar-refractivity contribution >= 4 is 28.3 Å². The molecule has 0 aliphatic carbocycles. The Kier molecular flexibility index (Phi) is 7.98. The zero-order valence-corrected chi connectivity index (χ0v) is 13.7. The van der Waals surface area contributed by atoms with E-state index in [0.717, 1.165) is 24.3 Å². The van der Waals surface area contributed by atoms with Gasteiger partial charge >= 0.3 is 6.18 Å². The van der Waals surface area contributed by atoms with Crippen LogP contribution in [0, 0.1) is 0 Å². The third-order valence-corrected chi connectivity index (χ3v) is 4.19. The van der Waals surface area contributed by atoms with Gasteiger partial charge in [-0.1, -0.05) is 0 Å². The van der Waals surface area contributed by atoms with Crippen LogP contribution in [-0.4, -0.2) is 39.6 Å². The highest BCUT2D eigenvalue weighted by molar-refractivity contribution is 7.89. The SMILES string of the molecule is C[C@@H](CN)NS(=O)(=O)c1ccc(C(=O)NCC(F)(F)F)cc1.Cl.